The van der Waals surface area contributed by atoms with Crippen molar-refractivity contribution in [1.82, 2.24) is 14.7 Å². The van der Waals surface area contributed by atoms with Crippen LogP contribution in [-0.4, -0.2) is 40.4 Å². The molecule has 4 heteroatoms. The zero-order valence-electron chi connectivity index (χ0n) is 13.5. The third kappa shape index (κ3) is 3.75. The number of nitrogens with zero attached hydrogens (tertiary/aromatic N) is 3. The van der Waals surface area contributed by atoms with Crippen molar-refractivity contribution in [2.75, 3.05) is 25.0 Å². The van der Waals surface area contributed by atoms with Crippen LogP contribution in [0.5, 0.6) is 0 Å². The maximum absolute atomic E-state index is 4.47. The minimum absolute atomic E-state index is 0.406. The Kier molecular flexibility index (Phi) is 5.08. The standard InChI is InChI=1S/C16H30N4/c1-5-19(6-2)10-11-20-13-14(12-17-20)18-15-8-7-9-16(15,3)4/h12-13,15,18H,5-11H2,1-4H3. The second-order valence-electron chi connectivity index (χ2n) is 6.60. The van der Waals surface area contributed by atoms with E-state index in [1.807, 2.05) is 6.20 Å². The van der Waals surface area contributed by atoms with Gasteiger partial charge >= 0.3 is 0 Å². The van der Waals surface area contributed by atoms with Gasteiger partial charge in [-0.2, -0.15) is 5.10 Å². The lowest BCUT2D eigenvalue weighted by molar-refractivity contribution is 0.285. The average Bonchev–Trinajstić information content (AvgIpc) is 2.99. The van der Waals surface area contributed by atoms with Crippen molar-refractivity contribution < 1.29 is 0 Å². The van der Waals surface area contributed by atoms with Gasteiger partial charge < -0.3 is 10.2 Å². The number of anilines is 1. The third-order valence-corrected chi connectivity index (χ3v) is 4.77. The first kappa shape index (κ1) is 15.4. The molecule has 0 aliphatic heterocycles. The molecule has 1 aliphatic rings. The summed E-state index contributed by atoms with van der Waals surface area (Å²) in [4.78, 5) is 2.43. The number of rotatable bonds is 7. The van der Waals surface area contributed by atoms with Gasteiger partial charge in [-0.25, -0.2) is 0 Å². The molecule has 4 nitrogen and oxygen atoms in total. The van der Waals surface area contributed by atoms with Gasteiger partial charge in [0.1, 0.15) is 0 Å². The summed E-state index contributed by atoms with van der Waals surface area (Å²) in [5, 5.41) is 8.14. The molecule has 1 heterocycles. The lowest BCUT2D eigenvalue weighted by Gasteiger charge is -2.28. The van der Waals surface area contributed by atoms with Crippen molar-refractivity contribution in [3.05, 3.63) is 12.4 Å². The molecular formula is C16H30N4. The SMILES string of the molecule is CCN(CC)CCn1cc(NC2CCCC2(C)C)cn1. The number of nitrogens with one attached hydrogen (secondary N) is 1. The summed E-state index contributed by atoms with van der Waals surface area (Å²) in [5.74, 6) is 0. The second kappa shape index (κ2) is 6.61. The monoisotopic (exact) mass is 278 g/mol. The van der Waals surface area contributed by atoms with Crippen LogP contribution in [0.25, 0.3) is 0 Å². The van der Waals surface area contributed by atoms with E-state index >= 15 is 0 Å². The molecule has 0 radical (unpaired) electrons. The Morgan fingerprint density at radius 1 is 1.40 bits per heavy atom. The highest BCUT2D eigenvalue weighted by Crippen LogP contribution is 2.38. The third-order valence-electron chi connectivity index (χ3n) is 4.77. The van der Waals surface area contributed by atoms with Gasteiger partial charge in [0.25, 0.3) is 0 Å². The van der Waals surface area contributed by atoms with E-state index in [9.17, 15) is 0 Å². The summed E-state index contributed by atoms with van der Waals surface area (Å²) in [5.41, 5.74) is 1.58. The van der Waals surface area contributed by atoms with Crippen LogP contribution in [0.2, 0.25) is 0 Å². The van der Waals surface area contributed by atoms with Crippen molar-refractivity contribution in [3.8, 4) is 0 Å². The van der Waals surface area contributed by atoms with E-state index < -0.39 is 0 Å². The van der Waals surface area contributed by atoms with E-state index in [1.165, 1.54) is 24.9 Å². The van der Waals surface area contributed by atoms with Gasteiger partial charge in [0.15, 0.2) is 0 Å². The summed E-state index contributed by atoms with van der Waals surface area (Å²) in [6, 6.07) is 0.586. The van der Waals surface area contributed by atoms with Crippen molar-refractivity contribution in [3.63, 3.8) is 0 Å². The van der Waals surface area contributed by atoms with Crippen LogP contribution in [0.4, 0.5) is 5.69 Å². The van der Waals surface area contributed by atoms with E-state index in [0.29, 0.717) is 11.5 Å². The molecule has 2 rings (SSSR count). The highest BCUT2D eigenvalue weighted by atomic mass is 15.3. The first-order valence-electron chi connectivity index (χ1n) is 8.06. The molecule has 0 amide bonds. The van der Waals surface area contributed by atoms with E-state index in [2.05, 4.69) is 53.9 Å². The Hall–Kier alpha value is -1.03. The highest BCUT2D eigenvalue weighted by molar-refractivity contribution is 5.40. The fourth-order valence-electron chi connectivity index (χ4n) is 3.14. The molecule has 114 valence electrons. The molecule has 20 heavy (non-hydrogen) atoms. The average molecular weight is 278 g/mol. The molecule has 0 aromatic carbocycles. The maximum atomic E-state index is 4.47. The molecule has 1 fully saturated rings. The second-order valence-corrected chi connectivity index (χ2v) is 6.60. The van der Waals surface area contributed by atoms with Crippen LogP contribution in [0.3, 0.4) is 0 Å². The van der Waals surface area contributed by atoms with Crippen molar-refractivity contribution in [1.29, 1.82) is 0 Å². The predicted octanol–water partition coefficient (Wildman–Crippen LogP) is 3.22. The van der Waals surface area contributed by atoms with Gasteiger partial charge in [0, 0.05) is 18.8 Å². The Labute approximate surface area is 123 Å². The Balaban J connectivity index is 1.86. The zero-order chi connectivity index (χ0) is 14.6. The number of likely N-dealkylation sites (N-methyl/N-ethyl adjacent to an activating group) is 1. The molecule has 0 spiro atoms. The Morgan fingerprint density at radius 3 is 2.75 bits per heavy atom. The number of hydrogen-bond acceptors (Lipinski definition) is 3. The Morgan fingerprint density at radius 2 is 2.15 bits per heavy atom. The molecular weight excluding hydrogens is 248 g/mol. The summed E-state index contributed by atoms with van der Waals surface area (Å²) in [7, 11) is 0. The molecule has 1 unspecified atom stereocenters. The van der Waals surface area contributed by atoms with Gasteiger partial charge in [-0.3, -0.25) is 4.68 Å². The minimum atomic E-state index is 0.406. The molecule has 1 aromatic heterocycles. The maximum Gasteiger partial charge on any atom is 0.0728 e. The van der Waals surface area contributed by atoms with Crippen molar-refractivity contribution in [2.24, 2.45) is 5.41 Å². The first-order chi connectivity index (χ1) is 9.55. The lowest BCUT2D eigenvalue weighted by Crippen LogP contribution is -2.30. The lowest BCUT2D eigenvalue weighted by atomic mass is 9.87. The quantitative estimate of drug-likeness (QED) is 0.831. The van der Waals surface area contributed by atoms with Gasteiger partial charge in [-0.15, -0.1) is 0 Å². The fourth-order valence-corrected chi connectivity index (χ4v) is 3.14. The van der Waals surface area contributed by atoms with Gasteiger partial charge in [0.05, 0.1) is 18.4 Å². The van der Waals surface area contributed by atoms with Crippen LogP contribution in [-0.2, 0) is 6.54 Å². The van der Waals surface area contributed by atoms with E-state index in [1.54, 1.807) is 0 Å². The van der Waals surface area contributed by atoms with Crippen LogP contribution in [0, 0.1) is 5.41 Å². The largest absolute Gasteiger partial charge is 0.379 e. The highest BCUT2D eigenvalue weighted by Gasteiger charge is 2.34. The summed E-state index contributed by atoms with van der Waals surface area (Å²) < 4.78 is 2.06. The van der Waals surface area contributed by atoms with Crippen LogP contribution >= 0.6 is 0 Å². The molecule has 1 atom stereocenters. The van der Waals surface area contributed by atoms with E-state index in [-0.39, 0.29) is 0 Å². The molecule has 1 N–H and O–H groups in total. The summed E-state index contributed by atoms with van der Waals surface area (Å²) in [6.45, 7) is 13.4. The topological polar surface area (TPSA) is 33.1 Å². The number of hydrogen-bond donors (Lipinski definition) is 1. The smallest absolute Gasteiger partial charge is 0.0728 e. The van der Waals surface area contributed by atoms with E-state index in [4.69, 9.17) is 0 Å². The van der Waals surface area contributed by atoms with Crippen molar-refractivity contribution >= 4 is 5.69 Å². The van der Waals surface area contributed by atoms with Crippen LogP contribution in [0.15, 0.2) is 12.4 Å². The number of aromatic nitrogens is 2. The first-order valence-corrected chi connectivity index (χ1v) is 8.06. The van der Waals surface area contributed by atoms with Crippen LogP contribution < -0.4 is 5.32 Å². The Bertz CT molecular complexity index is 406. The molecule has 1 aromatic rings. The van der Waals surface area contributed by atoms with Crippen molar-refractivity contribution in [2.45, 2.75) is 59.5 Å². The van der Waals surface area contributed by atoms with E-state index in [0.717, 1.165) is 26.2 Å². The summed E-state index contributed by atoms with van der Waals surface area (Å²) in [6.07, 6.45) is 8.05. The molecule has 0 bridgehead atoms. The van der Waals surface area contributed by atoms with Gasteiger partial charge in [-0.1, -0.05) is 34.1 Å². The van der Waals surface area contributed by atoms with Gasteiger partial charge in [0.2, 0.25) is 0 Å². The van der Waals surface area contributed by atoms with Gasteiger partial charge in [-0.05, 0) is 31.3 Å². The normalized spacial score (nSPS) is 21.6. The minimum Gasteiger partial charge on any atom is -0.379 e. The molecule has 0 saturated heterocycles. The summed E-state index contributed by atoms with van der Waals surface area (Å²) >= 11 is 0. The molecule has 1 aliphatic carbocycles. The van der Waals surface area contributed by atoms with Crippen LogP contribution in [0.1, 0.15) is 47.0 Å². The fraction of sp³-hybridized carbons (Fsp3) is 0.812. The zero-order valence-corrected chi connectivity index (χ0v) is 13.5. The predicted molar refractivity (Wildman–Crippen MR) is 85.1 cm³/mol. The molecule has 1 saturated carbocycles.